The molecular weight excluding hydrogens is 260 g/mol. The van der Waals surface area contributed by atoms with Crippen LogP contribution in [-0.4, -0.2) is 29.2 Å². The smallest absolute Gasteiger partial charge is 0.282 e. The number of anilines is 1. The van der Waals surface area contributed by atoms with Crippen molar-refractivity contribution in [3.63, 3.8) is 0 Å². The van der Waals surface area contributed by atoms with Crippen LogP contribution in [0.3, 0.4) is 0 Å². The van der Waals surface area contributed by atoms with Gasteiger partial charge in [-0.3, -0.25) is 0 Å². The molecule has 0 saturated carbocycles. The monoisotopic (exact) mass is 283 g/mol. The summed E-state index contributed by atoms with van der Waals surface area (Å²) in [5.41, 5.74) is 1.60. The third kappa shape index (κ3) is 2.91. The van der Waals surface area contributed by atoms with Gasteiger partial charge in [-0.25, -0.2) is 8.78 Å². The predicted molar refractivity (Wildman–Crippen MR) is 76.6 cm³/mol. The molecule has 0 aliphatic carbocycles. The Morgan fingerprint density at radius 2 is 1.55 bits per heavy atom. The number of alkyl halides is 2. The first-order valence-corrected chi connectivity index (χ1v) is 6.92. The summed E-state index contributed by atoms with van der Waals surface area (Å²) in [6, 6.07) is 2.01. The molecule has 1 aliphatic heterocycles. The number of hydrogen-bond donors (Lipinski definition) is 0. The van der Waals surface area contributed by atoms with E-state index in [1.165, 1.54) is 0 Å². The van der Waals surface area contributed by atoms with E-state index in [4.69, 9.17) is 0 Å². The summed E-state index contributed by atoms with van der Waals surface area (Å²) in [4.78, 5) is 1.61. The largest absolute Gasteiger partial charge is 0.343 e. The maximum atomic E-state index is 13.1. The van der Waals surface area contributed by atoms with Crippen LogP contribution in [0.25, 0.3) is 0 Å². The fourth-order valence-electron chi connectivity index (χ4n) is 2.20. The standard InChI is InChI=1S/C15H23F2N3/c1-13(2,3)10-7-11(14(4,5)6)18-19-12(10)20-8-15(16,17)9-20/h7H,8-9H2,1-6H3. The van der Waals surface area contributed by atoms with Gasteiger partial charge in [0.15, 0.2) is 5.82 Å². The van der Waals surface area contributed by atoms with E-state index in [1.807, 2.05) is 6.07 Å². The first kappa shape index (κ1) is 15.1. The molecule has 1 aromatic rings. The molecule has 2 rings (SSSR count). The molecule has 1 aromatic heterocycles. The number of hydrogen-bond acceptors (Lipinski definition) is 3. The maximum absolute atomic E-state index is 13.1. The van der Waals surface area contributed by atoms with Gasteiger partial charge in [0.25, 0.3) is 5.92 Å². The highest BCUT2D eigenvalue weighted by Crippen LogP contribution is 2.38. The van der Waals surface area contributed by atoms with Crippen molar-refractivity contribution in [1.82, 2.24) is 10.2 Å². The maximum Gasteiger partial charge on any atom is 0.282 e. The van der Waals surface area contributed by atoms with Crippen LogP contribution in [0, 0.1) is 0 Å². The summed E-state index contributed by atoms with van der Waals surface area (Å²) in [6.07, 6.45) is 0. The zero-order valence-corrected chi connectivity index (χ0v) is 13.1. The molecular formula is C15H23F2N3. The molecule has 0 amide bonds. The van der Waals surface area contributed by atoms with E-state index in [0.29, 0.717) is 5.82 Å². The minimum atomic E-state index is -2.60. The lowest BCUT2D eigenvalue weighted by Crippen LogP contribution is -2.57. The molecule has 3 nitrogen and oxygen atoms in total. The van der Waals surface area contributed by atoms with Crippen molar-refractivity contribution in [1.29, 1.82) is 0 Å². The Morgan fingerprint density at radius 3 is 1.95 bits per heavy atom. The molecule has 1 fully saturated rings. The van der Waals surface area contributed by atoms with Gasteiger partial charge < -0.3 is 4.90 Å². The van der Waals surface area contributed by atoms with Crippen LogP contribution < -0.4 is 4.90 Å². The molecule has 5 heteroatoms. The van der Waals surface area contributed by atoms with Crippen molar-refractivity contribution in [2.75, 3.05) is 18.0 Å². The van der Waals surface area contributed by atoms with Crippen molar-refractivity contribution in [3.8, 4) is 0 Å². The average molecular weight is 283 g/mol. The van der Waals surface area contributed by atoms with Gasteiger partial charge in [0, 0.05) is 11.0 Å². The zero-order chi connectivity index (χ0) is 15.3. The highest BCUT2D eigenvalue weighted by Gasteiger charge is 2.46. The minimum absolute atomic E-state index is 0.107. The Balaban J connectivity index is 2.43. The number of aromatic nitrogens is 2. The lowest BCUT2D eigenvalue weighted by molar-refractivity contribution is -0.0269. The molecule has 0 radical (unpaired) electrons. The second kappa shape index (κ2) is 4.37. The Bertz CT molecular complexity index is 505. The highest BCUT2D eigenvalue weighted by molar-refractivity contribution is 5.53. The number of nitrogens with zero attached hydrogens (tertiary/aromatic N) is 3. The van der Waals surface area contributed by atoms with E-state index in [-0.39, 0.29) is 23.9 Å². The predicted octanol–water partition coefficient (Wildman–Crippen LogP) is 3.53. The third-order valence-electron chi connectivity index (χ3n) is 3.49. The normalized spacial score (nSPS) is 18.9. The van der Waals surface area contributed by atoms with Gasteiger partial charge in [0.05, 0.1) is 18.8 Å². The average Bonchev–Trinajstić information content (AvgIpc) is 2.22. The van der Waals surface area contributed by atoms with Crippen molar-refractivity contribution >= 4 is 5.82 Å². The van der Waals surface area contributed by atoms with E-state index >= 15 is 0 Å². The summed E-state index contributed by atoms with van der Waals surface area (Å²) in [5, 5.41) is 8.48. The molecule has 0 bridgehead atoms. The van der Waals surface area contributed by atoms with Gasteiger partial charge in [0.2, 0.25) is 0 Å². The molecule has 112 valence electrons. The zero-order valence-electron chi connectivity index (χ0n) is 13.1. The van der Waals surface area contributed by atoms with Crippen molar-refractivity contribution < 1.29 is 8.78 Å². The van der Waals surface area contributed by atoms with Crippen LogP contribution in [0.5, 0.6) is 0 Å². The van der Waals surface area contributed by atoms with E-state index < -0.39 is 5.92 Å². The lowest BCUT2D eigenvalue weighted by Gasteiger charge is -2.41. The third-order valence-corrected chi connectivity index (χ3v) is 3.49. The molecule has 0 aromatic carbocycles. The first-order chi connectivity index (χ1) is 8.90. The molecule has 20 heavy (non-hydrogen) atoms. The summed E-state index contributed by atoms with van der Waals surface area (Å²) >= 11 is 0. The van der Waals surface area contributed by atoms with E-state index in [1.54, 1.807) is 4.90 Å². The number of rotatable bonds is 1. The van der Waals surface area contributed by atoms with E-state index in [0.717, 1.165) is 11.3 Å². The Hall–Kier alpha value is -1.26. The molecule has 0 spiro atoms. The lowest BCUT2D eigenvalue weighted by atomic mass is 9.83. The first-order valence-electron chi connectivity index (χ1n) is 6.92. The van der Waals surface area contributed by atoms with Crippen molar-refractivity contribution in [3.05, 3.63) is 17.3 Å². The van der Waals surface area contributed by atoms with E-state index in [2.05, 4.69) is 51.7 Å². The second-order valence-corrected chi connectivity index (χ2v) is 7.68. The van der Waals surface area contributed by atoms with Crippen LogP contribution in [0.2, 0.25) is 0 Å². The fraction of sp³-hybridized carbons (Fsp3) is 0.733. The van der Waals surface area contributed by atoms with Crippen molar-refractivity contribution in [2.24, 2.45) is 0 Å². The Labute approximate surface area is 119 Å². The van der Waals surface area contributed by atoms with Crippen LogP contribution in [0.4, 0.5) is 14.6 Å². The van der Waals surface area contributed by atoms with Crippen molar-refractivity contribution in [2.45, 2.75) is 58.3 Å². The minimum Gasteiger partial charge on any atom is -0.343 e. The van der Waals surface area contributed by atoms with Crippen LogP contribution in [-0.2, 0) is 10.8 Å². The molecule has 1 aliphatic rings. The van der Waals surface area contributed by atoms with Gasteiger partial charge in [-0.05, 0) is 11.5 Å². The molecule has 1 saturated heterocycles. The number of halogens is 2. The van der Waals surface area contributed by atoms with Gasteiger partial charge in [-0.2, -0.15) is 5.10 Å². The van der Waals surface area contributed by atoms with Crippen LogP contribution >= 0.6 is 0 Å². The summed E-state index contributed by atoms with van der Waals surface area (Å²) in [7, 11) is 0. The van der Waals surface area contributed by atoms with Crippen LogP contribution in [0.1, 0.15) is 52.8 Å². The Morgan fingerprint density at radius 1 is 1.00 bits per heavy atom. The second-order valence-electron chi connectivity index (χ2n) is 7.68. The summed E-state index contributed by atoms with van der Waals surface area (Å²) in [5.74, 6) is -2.00. The fourth-order valence-corrected chi connectivity index (χ4v) is 2.20. The quantitative estimate of drug-likeness (QED) is 0.789. The highest BCUT2D eigenvalue weighted by atomic mass is 19.3. The molecule has 0 unspecified atom stereocenters. The van der Waals surface area contributed by atoms with Gasteiger partial charge >= 0.3 is 0 Å². The Kier molecular flexibility index (Phi) is 3.30. The topological polar surface area (TPSA) is 29.0 Å². The molecule has 2 heterocycles. The van der Waals surface area contributed by atoms with Crippen LogP contribution in [0.15, 0.2) is 6.07 Å². The van der Waals surface area contributed by atoms with Gasteiger partial charge in [-0.1, -0.05) is 41.5 Å². The van der Waals surface area contributed by atoms with Gasteiger partial charge in [-0.15, -0.1) is 5.10 Å². The SMILES string of the molecule is CC(C)(C)c1cc(C(C)(C)C)c(N2CC(F)(F)C2)nn1. The molecule has 0 atom stereocenters. The summed E-state index contributed by atoms with van der Waals surface area (Å²) < 4.78 is 26.2. The summed E-state index contributed by atoms with van der Waals surface area (Å²) in [6.45, 7) is 11.9. The van der Waals surface area contributed by atoms with E-state index in [9.17, 15) is 8.78 Å². The van der Waals surface area contributed by atoms with Gasteiger partial charge in [0.1, 0.15) is 0 Å². The molecule has 0 N–H and O–H groups in total.